The maximum atomic E-state index is 10.6. The van der Waals surface area contributed by atoms with Gasteiger partial charge in [-0.3, -0.25) is 10.1 Å². The fraction of sp³-hybridized carbons (Fsp3) is 0.455. The molecule has 2 heterocycles. The van der Waals surface area contributed by atoms with Gasteiger partial charge in [0, 0.05) is 48.0 Å². The Labute approximate surface area is 203 Å². The highest BCUT2D eigenvalue weighted by Crippen LogP contribution is 2.30. The molecule has 4 rings (SSSR count). The number of benzene rings is 2. The quantitative estimate of drug-likeness (QED) is 0.286. The molecular formula is C22H26Br2N2O6. The van der Waals surface area contributed by atoms with Crippen LogP contribution in [0, 0.1) is 10.1 Å². The number of nitro benzene ring substituents is 1. The van der Waals surface area contributed by atoms with Gasteiger partial charge in [-0.2, -0.15) is 0 Å². The molecule has 0 atom stereocenters. The second-order valence-corrected chi connectivity index (χ2v) is 9.12. The fourth-order valence-electron chi connectivity index (χ4n) is 3.26. The summed E-state index contributed by atoms with van der Waals surface area (Å²) < 4.78 is 23.4. The number of nitro groups is 1. The van der Waals surface area contributed by atoms with Gasteiger partial charge in [0.15, 0.2) is 0 Å². The normalized spacial score (nSPS) is 17.2. The van der Waals surface area contributed by atoms with Crippen LogP contribution in [0.15, 0.2) is 45.3 Å². The van der Waals surface area contributed by atoms with Crippen molar-refractivity contribution in [2.45, 2.75) is 37.9 Å². The molecule has 0 amide bonds. The zero-order valence-corrected chi connectivity index (χ0v) is 20.7. The maximum absolute atomic E-state index is 10.6. The summed E-state index contributed by atoms with van der Waals surface area (Å²) in [4.78, 5) is 10.2. The molecule has 0 saturated carbocycles. The maximum Gasteiger partial charge on any atom is 0.283 e. The Bertz CT molecular complexity index is 902. The van der Waals surface area contributed by atoms with Crippen LogP contribution in [-0.4, -0.2) is 43.6 Å². The van der Waals surface area contributed by atoms with Gasteiger partial charge < -0.3 is 24.7 Å². The second kappa shape index (κ2) is 12.4. The molecule has 8 nitrogen and oxygen atoms in total. The third-order valence-electron chi connectivity index (χ3n) is 5.03. The summed E-state index contributed by atoms with van der Waals surface area (Å²) in [7, 11) is 0. The first-order valence-electron chi connectivity index (χ1n) is 10.4. The molecule has 2 aliphatic heterocycles. The fourth-order valence-corrected chi connectivity index (χ4v) is 4.12. The minimum atomic E-state index is -0.428. The van der Waals surface area contributed by atoms with Crippen LogP contribution in [0.2, 0.25) is 0 Å². The summed E-state index contributed by atoms with van der Waals surface area (Å²) in [5, 5.41) is 10.6. The molecule has 2 N–H and O–H groups in total. The van der Waals surface area contributed by atoms with Crippen molar-refractivity contribution in [1.29, 1.82) is 0 Å². The van der Waals surface area contributed by atoms with E-state index in [1.807, 2.05) is 18.2 Å². The van der Waals surface area contributed by atoms with Crippen LogP contribution in [0.5, 0.6) is 11.5 Å². The average molecular weight is 574 g/mol. The number of anilines is 1. The molecule has 2 aliphatic rings. The summed E-state index contributed by atoms with van der Waals surface area (Å²) in [5.41, 5.74) is 6.48. The lowest BCUT2D eigenvalue weighted by Crippen LogP contribution is -2.25. The largest absolute Gasteiger partial charge is 0.490 e. The first-order chi connectivity index (χ1) is 15.4. The van der Waals surface area contributed by atoms with Crippen molar-refractivity contribution in [3.63, 3.8) is 0 Å². The van der Waals surface area contributed by atoms with Crippen LogP contribution in [0.3, 0.4) is 0 Å². The Morgan fingerprint density at radius 3 is 1.75 bits per heavy atom. The van der Waals surface area contributed by atoms with E-state index < -0.39 is 4.92 Å². The number of hydrogen-bond acceptors (Lipinski definition) is 7. The molecule has 0 aromatic heterocycles. The third-order valence-corrected chi connectivity index (χ3v) is 6.35. The van der Waals surface area contributed by atoms with Gasteiger partial charge in [0.05, 0.1) is 35.8 Å². The monoisotopic (exact) mass is 572 g/mol. The predicted molar refractivity (Wildman–Crippen MR) is 128 cm³/mol. The van der Waals surface area contributed by atoms with Gasteiger partial charge in [-0.05, 0) is 56.1 Å². The number of nitrogen functional groups attached to an aromatic ring is 1. The lowest BCUT2D eigenvalue weighted by atomic mass is 10.1. The molecule has 2 saturated heterocycles. The van der Waals surface area contributed by atoms with Crippen molar-refractivity contribution in [2.24, 2.45) is 0 Å². The highest BCUT2D eigenvalue weighted by molar-refractivity contribution is 9.11. The number of nitrogens with two attached hydrogens (primary N) is 1. The number of hydrogen-bond donors (Lipinski definition) is 1. The molecule has 2 aromatic carbocycles. The Hall–Kier alpha value is -1.88. The van der Waals surface area contributed by atoms with Gasteiger partial charge in [-0.25, -0.2) is 0 Å². The minimum Gasteiger partial charge on any atom is -0.490 e. The summed E-state index contributed by atoms with van der Waals surface area (Å²) in [6.45, 7) is 3.00. The highest BCUT2D eigenvalue weighted by atomic mass is 79.9. The van der Waals surface area contributed by atoms with Crippen LogP contribution in [0.25, 0.3) is 0 Å². The van der Waals surface area contributed by atoms with Crippen LogP contribution < -0.4 is 15.2 Å². The van der Waals surface area contributed by atoms with Gasteiger partial charge in [0.25, 0.3) is 5.69 Å². The highest BCUT2D eigenvalue weighted by Gasteiger charge is 2.18. The Balaban J connectivity index is 0.000000182. The minimum absolute atomic E-state index is 0.0457. The lowest BCUT2D eigenvalue weighted by molar-refractivity contribution is -0.385. The van der Waals surface area contributed by atoms with E-state index in [1.165, 1.54) is 6.07 Å². The van der Waals surface area contributed by atoms with Crippen LogP contribution in [0.1, 0.15) is 25.7 Å². The van der Waals surface area contributed by atoms with Crippen LogP contribution in [-0.2, 0) is 9.47 Å². The lowest BCUT2D eigenvalue weighted by Gasteiger charge is -2.23. The molecule has 32 heavy (non-hydrogen) atoms. The Morgan fingerprint density at radius 2 is 1.31 bits per heavy atom. The van der Waals surface area contributed by atoms with Crippen molar-refractivity contribution in [2.75, 3.05) is 32.2 Å². The molecule has 2 aromatic rings. The zero-order valence-electron chi connectivity index (χ0n) is 17.5. The van der Waals surface area contributed by atoms with Crippen molar-refractivity contribution >= 4 is 43.2 Å². The summed E-state index contributed by atoms with van der Waals surface area (Å²) in [5.74, 6) is 1.51. The molecule has 0 spiro atoms. The second-order valence-electron chi connectivity index (χ2n) is 7.41. The van der Waals surface area contributed by atoms with E-state index in [1.54, 1.807) is 12.1 Å². The zero-order chi connectivity index (χ0) is 22.9. The molecule has 0 unspecified atom stereocenters. The van der Waals surface area contributed by atoms with Crippen molar-refractivity contribution < 1.29 is 23.9 Å². The summed E-state index contributed by atoms with van der Waals surface area (Å²) in [6, 6.07) is 10.4. The van der Waals surface area contributed by atoms with E-state index in [0.717, 1.165) is 54.8 Å². The number of nitrogens with zero attached hydrogens (tertiary/aromatic N) is 1. The third kappa shape index (κ3) is 7.61. The molecule has 2 fully saturated rings. The van der Waals surface area contributed by atoms with Crippen molar-refractivity contribution in [1.82, 2.24) is 0 Å². The SMILES string of the molecule is Nc1ccc(OC2CCOCC2)cc1Br.O=[N+]([O-])c1ccc(OC2CCOCC2)cc1Br. The number of ether oxygens (including phenoxy) is 4. The first-order valence-corrected chi connectivity index (χ1v) is 12.0. The van der Waals surface area contributed by atoms with Crippen LogP contribution >= 0.6 is 31.9 Å². The topological polar surface area (TPSA) is 106 Å². The molecule has 0 radical (unpaired) electrons. The molecule has 0 bridgehead atoms. The van der Waals surface area contributed by atoms with E-state index in [0.29, 0.717) is 23.4 Å². The van der Waals surface area contributed by atoms with Gasteiger partial charge in [0.2, 0.25) is 0 Å². The Morgan fingerprint density at radius 1 is 0.844 bits per heavy atom. The van der Waals surface area contributed by atoms with Gasteiger partial charge in [-0.15, -0.1) is 0 Å². The number of rotatable bonds is 5. The van der Waals surface area contributed by atoms with E-state index in [2.05, 4.69) is 31.9 Å². The smallest absolute Gasteiger partial charge is 0.283 e. The summed E-state index contributed by atoms with van der Waals surface area (Å²) >= 11 is 6.55. The average Bonchev–Trinajstić information content (AvgIpc) is 2.78. The van der Waals surface area contributed by atoms with Crippen molar-refractivity contribution in [3.8, 4) is 11.5 Å². The van der Waals surface area contributed by atoms with Crippen molar-refractivity contribution in [3.05, 3.63) is 55.5 Å². The Kier molecular flexibility index (Phi) is 9.58. The standard InChI is InChI=1S/C11H12BrNO4.C11H14BrNO2/c12-10-7-9(1-2-11(10)13(14)15)17-8-3-5-16-6-4-8;12-10-7-9(1-2-11(10)13)15-8-3-5-14-6-4-8/h1-2,7-8H,3-6H2;1-2,7-8H,3-6,13H2. The molecular weight excluding hydrogens is 548 g/mol. The van der Waals surface area contributed by atoms with Gasteiger partial charge >= 0.3 is 0 Å². The van der Waals surface area contributed by atoms with E-state index >= 15 is 0 Å². The van der Waals surface area contributed by atoms with E-state index in [9.17, 15) is 10.1 Å². The van der Waals surface area contributed by atoms with Crippen LogP contribution in [0.4, 0.5) is 11.4 Å². The molecule has 10 heteroatoms. The van der Waals surface area contributed by atoms with Gasteiger partial charge in [-0.1, -0.05) is 0 Å². The number of halogens is 2. The molecule has 174 valence electrons. The summed E-state index contributed by atoms with van der Waals surface area (Å²) in [6.07, 6.45) is 4.04. The first kappa shape index (κ1) is 24.8. The predicted octanol–water partition coefficient (Wildman–Crippen LogP) is 5.50. The van der Waals surface area contributed by atoms with E-state index in [4.69, 9.17) is 24.7 Å². The van der Waals surface area contributed by atoms with Gasteiger partial charge in [0.1, 0.15) is 23.7 Å². The molecule has 0 aliphatic carbocycles. The van der Waals surface area contributed by atoms with E-state index in [-0.39, 0.29) is 17.9 Å².